The van der Waals surface area contributed by atoms with Gasteiger partial charge in [0.15, 0.2) is 0 Å². The van der Waals surface area contributed by atoms with Crippen LogP contribution >= 0.6 is 23.2 Å². The summed E-state index contributed by atoms with van der Waals surface area (Å²) in [5, 5.41) is 14.7. The zero-order valence-electron chi connectivity index (χ0n) is 27.1. The number of nitrogens with zero attached hydrogens (tertiary/aromatic N) is 4. The van der Waals surface area contributed by atoms with Crippen LogP contribution in [0.2, 0.25) is 25.7 Å². The molecular formula is C31H46Cl2N6O4SSi. The van der Waals surface area contributed by atoms with Crippen molar-refractivity contribution in [1.29, 1.82) is 0 Å². The number of aryl methyl sites for hydroxylation is 2. The summed E-state index contributed by atoms with van der Waals surface area (Å²) in [5.74, 6) is -0.251. The predicted octanol–water partition coefficient (Wildman–Crippen LogP) is 6.16. The van der Waals surface area contributed by atoms with Crippen molar-refractivity contribution in [1.82, 2.24) is 24.9 Å². The van der Waals surface area contributed by atoms with E-state index in [0.717, 1.165) is 35.2 Å². The number of carbonyl (C=O) groups is 2. The lowest BCUT2D eigenvalue weighted by molar-refractivity contribution is -0.118. The Hall–Kier alpha value is -2.51. The molecule has 1 unspecified atom stereocenters. The van der Waals surface area contributed by atoms with Crippen LogP contribution in [0, 0.1) is 13.8 Å². The van der Waals surface area contributed by atoms with E-state index in [1.54, 1.807) is 17.0 Å². The van der Waals surface area contributed by atoms with E-state index in [1.807, 2.05) is 42.8 Å². The summed E-state index contributed by atoms with van der Waals surface area (Å²) >= 11 is 11.8. The summed E-state index contributed by atoms with van der Waals surface area (Å²) in [7, 11) is -2.09. The first kappa shape index (κ1) is 36.9. The Morgan fingerprint density at radius 3 is 2.40 bits per heavy atom. The Bertz CT molecular complexity index is 1440. The maximum Gasteiger partial charge on any atom is 0.270 e. The lowest BCUT2D eigenvalue weighted by atomic mass is 10.0. The summed E-state index contributed by atoms with van der Waals surface area (Å²) in [6.07, 6.45) is 5.17. The molecule has 0 aliphatic carbocycles. The van der Waals surface area contributed by atoms with E-state index in [4.69, 9.17) is 27.9 Å². The molecule has 0 fully saturated rings. The number of benzene rings is 1. The number of aromatic nitrogens is 4. The molecule has 3 rings (SSSR count). The van der Waals surface area contributed by atoms with Crippen molar-refractivity contribution in [3.05, 3.63) is 53.6 Å². The van der Waals surface area contributed by atoms with Crippen LogP contribution in [-0.2, 0) is 33.6 Å². The largest absolute Gasteiger partial charge is 0.360 e. The number of amides is 2. The van der Waals surface area contributed by atoms with Gasteiger partial charge in [-0.15, -0.1) is 23.2 Å². The van der Waals surface area contributed by atoms with Gasteiger partial charge in [-0.1, -0.05) is 31.8 Å². The highest BCUT2D eigenvalue weighted by molar-refractivity contribution is 7.84. The molecule has 0 bridgehead atoms. The molecule has 2 atom stereocenters. The Kier molecular flexibility index (Phi) is 14.3. The third kappa shape index (κ3) is 12.0. The third-order valence-corrected chi connectivity index (χ3v) is 10.3. The van der Waals surface area contributed by atoms with Gasteiger partial charge in [0.25, 0.3) is 5.91 Å². The molecule has 10 nitrogen and oxygen atoms in total. The van der Waals surface area contributed by atoms with E-state index in [1.165, 1.54) is 6.20 Å². The van der Waals surface area contributed by atoms with E-state index in [9.17, 15) is 13.8 Å². The van der Waals surface area contributed by atoms with Crippen LogP contribution in [0.4, 0.5) is 5.69 Å². The van der Waals surface area contributed by atoms with Gasteiger partial charge < -0.3 is 15.4 Å². The number of rotatable bonds is 18. The standard InChI is InChI=1S/C31H46Cl2N6O4SSi/c1-22-29(23(2)39(37-22)21-43-18-20-45(4,5)6)24-11-13-25(14-12-24)35-30(40)26(9-7-10-28(32)33)36-31(41)27-15-16-34-38(27)17-8-19-44(3)42/h11-16,26,28H,7-10,17-21H2,1-6H3,(H,35,40)(H,36,41)/t26-,44?/m0/s1. The van der Waals surface area contributed by atoms with Crippen LogP contribution < -0.4 is 10.6 Å². The van der Waals surface area contributed by atoms with Crippen LogP contribution in [0.3, 0.4) is 0 Å². The molecule has 3 aromatic rings. The third-order valence-electron chi connectivity index (χ3n) is 7.32. The molecule has 45 heavy (non-hydrogen) atoms. The normalized spacial score (nSPS) is 13.2. The van der Waals surface area contributed by atoms with Gasteiger partial charge in [-0.3, -0.25) is 18.5 Å². The summed E-state index contributed by atoms with van der Waals surface area (Å²) in [6.45, 7) is 12.6. The average Bonchev–Trinajstić information content (AvgIpc) is 3.53. The van der Waals surface area contributed by atoms with Crippen molar-refractivity contribution in [3.8, 4) is 11.1 Å². The number of halogens is 2. The minimum absolute atomic E-state index is 0.333. The zero-order valence-corrected chi connectivity index (χ0v) is 30.4. The first-order valence-corrected chi connectivity index (χ1v) is 21.5. The van der Waals surface area contributed by atoms with Gasteiger partial charge in [0.2, 0.25) is 5.91 Å². The van der Waals surface area contributed by atoms with E-state index in [0.29, 0.717) is 56.1 Å². The van der Waals surface area contributed by atoms with Gasteiger partial charge in [-0.2, -0.15) is 10.2 Å². The van der Waals surface area contributed by atoms with Crippen molar-refractivity contribution >= 4 is 59.6 Å². The Balaban J connectivity index is 1.68. The quantitative estimate of drug-likeness (QED) is 0.0935. The zero-order chi connectivity index (χ0) is 33.1. The predicted molar refractivity (Wildman–Crippen MR) is 186 cm³/mol. The first-order valence-electron chi connectivity index (χ1n) is 15.2. The first-order chi connectivity index (χ1) is 21.2. The second kappa shape index (κ2) is 17.4. The maximum atomic E-state index is 13.4. The molecular weight excluding hydrogens is 651 g/mol. The lowest BCUT2D eigenvalue weighted by Crippen LogP contribution is -2.44. The molecule has 0 aliphatic rings. The van der Waals surface area contributed by atoms with Crippen molar-refractivity contribution < 1.29 is 18.5 Å². The summed E-state index contributed by atoms with van der Waals surface area (Å²) in [5.41, 5.74) is 4.87. The number of hydrogen-bond acceptors (Lipinski definition) is 6. The SMILES string of the molecule is Cc1nn(COCC[Si](C)(C)C)c(C)c1-c1ccc(NC(=O)[C@H](CCCC(Cl)Cl)NC(=O)c2ccnn2CCCS(C)=O)cc1. The van der Waals surface area contributed by atoms with Crippen molar-refractivity contribution in [2.24, 2.45) is 0 Å². The Labute approximate surface area is 280 Å². The fourth-order valence-electron chi connectivity index (χ4n) is 4.82. The number of hydrogen-bond donors (Lipinski definition) is 2. The van der Waals surface area contributed by atoms with Crippen LogP contribution in [0.1, 0.15) is 47.6 Å². The van der Waals surface area contributed by atoms with E-state index in [-0.39, 0.29) is 5.91 Å². The second-order valence-corrected chi connectivity index (χ2v) is 20.8. The smallest absolute Gasteiger partial charge is 0.270 e. The summed E-state index contributed by atoms with van der Waals surface area (Å²) < 4.78 is 20.8. The van der Waals surface area contributed by atoms with Gasteiger partial charge in [0, 0.05) is 67.2 Å². The minimum Gasteiger partial charge on any atom is -0.360 e. The van der Waals surface area contributed by atoms with Crippen LogP contribution in [0.15, 0.2) is 36.5 Å². The molecule has 0 radical (unpaired) electrons. The van der Waals surface area contributed by atoms with Crippen molar-refractivity contribution in [3.63, 3.8) is 0 Å². The van der Waals surface area contributed by atoms with Gasteiger partial charge in [0.05, 0.1) is 5.69 Å². The molecule has 248 valence electrons. The molecule has 2 N–H and O–H groups in total. The van der Waals surface area contributed by atoms with Crippen LogP contribution in [0.25, 0.3) is 11.1 Å². The maximum absolute atomic E-state index is 13.4. The van der Waals surface area contributed by atoms with Gasteiger partial charge in [-0.25, -0.2) is 4.68 Å². The van der Waals surface area contributed by atoms with Crippen molar-refractivity contribution in [2.75, 3.05) is 23.9 Å². The highest BCUT2D eigenvalue weighted by atomic mass is 35.5. The van der Waals surface area contributed by atoms with E-state index >= 15 is 0 Å². The Morgan fingerprint density at radius 2 is 1.76 bits per heavy atom. The fraction of sp³-hybridized carbons (Fsp3) is 0.548. The van der Waals surface area contributed by atoms with Crippen molar-refractivity contribution in [2.45, 2.75) is 89.4 Å². The second-order valence-electron chi connectivity index (χ2n) is 12.4. The molecule has 0 saturated heterocycles. The van der Waals surface area contributed by atoms with E-state index in [2.05, 4.69) is 40.5 Å². The van der Waals surface area contributed by atoms with Gasteiger partial charge in [-0.05, 0) is 69.3 Å². The molecule has 0 aliphatic heterocycles. The monoisotopic (exact) mass is 696 g/mol. The lowest BCUT2D eigenvalue weighted by Gasteiger charge is -2.19. The van der Waals surface area contributed by atoms with E-state index < -0.39 is 35.7 Å². The highest BCUT2D eigenvalue weighted by Crippen LogP contribution is 2.28. The van der Waals surface area contributed by atoms with Gasteiger partial charge >= 0.3 is 0 Å². The molecule has 0 spiro atoms. The Morgan fingerprint density at radius 1 is 1.04 bits per heavy atom. The summed E-state index contributed by atoms with van der Waals surface area (Å²) in [4.78, 5) is 26.0. The summed E-state index contributed by atoms with van der Waals surface area (Å²) in [6, 6.07) is 9.46. The fourth-order valence-corrected chi connectivity index (χ4v) is 6.42. The number of nitrogens with one attached hydrogen (secondary N) is 2. The molecule has 14 heteroatoms. The number of alkyl halides is 2. The minimum atomic E-state index is -1.16. The highest BCUT2D eigenvalue weighted by Gasteiger charge is 2.24. The number of ether oxygens (including phenoxy) is 1. The van der Waals surface area contributed by atoms with Crippen LogP contribution in [0.5, 0.6) is 0 Å². The molecule has 2 aromatic heterocycles. The molecule has 0 saturated carbocycles. The molecule has 2 amide bonds. The number of carbonyl (C=O) groups excluding carboxylic acids is 2. The molecule has 1 aromatic carbocycles. The number of anilines is 1. The van der Waals surface area contributed by atoms with Gasteiger partial charge in [0.1, 0.15) is 23.3 Å². The average molecular weight is 698 g/mol. The molecule has 2 heterocycles. The topological polar surface area (TPSA) is 120 Å². The van der Waals surface area contributed by atoms with Crippen LogP contribution in [-0.4, -0.2) is 73.2 Å².